The maximum Gasteiger partial charge on any atom is 0.136 e. The van der Waals surface area contributed by atoms with Crippen LogP contribution in [0.5, 0.6) is 0 Å². The molecule has 0 bridgehead atoms. The van der Waals surface area contributed by atoms with Crippen LogP contribution >= 0.6 is 0 Å². The van der Waals surface area contributed by atoms with Gasteiger partial charge in [0, 0.05) is 10.8 Å². The van der Waals surface area contributed by atoms with E-state index in [1.807, 2.05) is 36.4 Å². The maximum atomic E-state index is 9.75. The highest BCUT2D eigenvalue weighted by Crippen LogP contribution is 2.45. The summed E-state index contributed by atoms with van der Waals surface area (Å²) in [4.78, 5) is 0. The van der Waals surface area contributed by atoms with E-state index < -0.39 is 119 Å². The molecular weight excluding hydrogens is 520 g/mol. The molecular formula is C42H26O. The van der Waals surface area contributed by atoms with Gasteiger partial charge in [-0.15, -0.1) is 0 Å². The van der Waals surface area contributed by atoms with Crippen molar-refractivity contribution in [1.29, 1.82) is 0 Å². The van der Waals surface area contributed by atoms with Crippen molar-refractivity contribution >= 4 is 54.3 Å². The van der Waals surface area contributed by atoms with Gasteiger partial charge in [-0.25, -0.2) is 0 Å². The fourth-order valence-corrected chi connectivity index (χ4v) is 5.63. The average Bonchev–Trinajstić information content (AvgIpc) is 3.67. The van der Waals surface area contributed by atoms with E-state index in [2.05, 4.69) is 0 Å². The molecule has 0 saturated carbocycles. The van der Waals surface area contributed by atoms with Crippen LogP contribution in [0.1, 0.15) is 23.3 Å². The SMILES string of the molecule is [2H]c1c(-c2c3c([2H])c([2H])c([2H])c([2H])c3c(-c3cccc(-c4ccccc4)c3)c3c([2H])c([2H])c([2H])c([2H])c23)c([2H])c2c(oc3c([2H])c4c([2H])c([2H])c([2H])c([2H])c4c([2H])c32)c1[2H]. The van der Waals surface area contributed by atoms with Gasteiger partial charge >= 0.3 is 0 Å². The number of rotatable bonds is 3. The molecule has 1 nitrogen and oxygen atoms in total. The molecule has 8 aromatic carbocycles. The van der Waals surface area contributed by atoms with Crippen molar-refractivity contribution in [1.82, 2.24) is 0 Å². The predicted octanol–water partition coefficient (Wildman–Crippen LogP) is 12.0. The zero-order chi connectivity index (χ0) is 43.1. The highest BCUT2D eigenvalue weighted by Gasteiger charge is 2.18. The minimum Gasteiger partial charge on any atom is -0.456 e. The van der Waals surface area contributed by atoms with Crippen molar-refractivity contribution in [3.05, 3.63) is 157 Å². The van der Waals surface area contributed by atoms with E-state index >= 15 is 0 Å². The standard InChI is InChI=1S/C42H26O/c1-2-11-27(12-3-1)28-15-10-16-31(23-28)41-33-17-6-8-19-35(33)42(36-20-9-7-18-34(36)41)32-21-22-39-37(25-32)38-24-29-13-4-5-14-30(29)26-40(38)43-39/h1-26H/i4D,5D,6D,7D,8D,9D,13D,14D,17D,18D,19D,20D,21D,22D,24D,25D,26D. The summed E-state index contributed by atoms with van der Waals surface area (Å²) >= 11 is 0. The molecule has 0 amide bonds. The molecule has 0 atom stereocenters. The van der Waals surface area contributed by atoms with Gasteiger partial charge in [0.25, 0.3) is 0 Å². The highest BCUT2D eigenvalue weighted by molar-refractivity contribution is 6.22. The molecule has 0 fully saturated rings. The van der Waals surface area contributed by atoms with Crippen molar-refractivity contribution in [2.75, 3.05) is 0 Å². The van der Waals surface area contributed by atoms with E-state index in [4.69, 9.17) is 16.8 Å². The van der Waals surface area contributed by atoms with Gasteiger partial charge in [0.15, 0.2) is 0 Å². The second-order valence-electron chi connectivity index (χ2n) is 9.96. The number of hydrogen-bond donors (Lipinski definition) is 0. The van der Waals surface area contributed by atoms with Gasteiger partial charge < -0.3 is 4.42 Å². The molecule has 9 rings (SSSR count). The maximum absolute atomic E-state index is 9.75. The molecule has 0 spiro atoms. The summed E-state index contributed by atoms with van der Waals surface area (Å²) in [6.07, 6.45) is 0. The van der Waals surface area contributed by atoms with Crippen LogP contribution < -0.4 is 0 Å². The van der Waals surface area contributed by atoms with Crippen LogP contribution in [-0.4, -0.2) is 0 Å². The van der Waals surface area contributed by atoms with Crippen LogP contribution in [0.25, 0.3) is 87.6 Å². The third-order valence-corrected chi connectivity index (χ3v) is 7.52. The number of furan rings is 1. The monoisotopic (exact) mass is 563 g/mol. The fraction of sp³-hybridized carbons (Fsp3) is 0. The van der Waals surface area contributed by atoms with Gasteiger partial charge in [0.2, 0.25) is 0 Å². The third-order valence-electron chi connectivity index (χ3n) is 7.52. The Morgan fingerprint density at radius 3 is 1.65 bits per heavy atom. The van der Waals surface area contributed by atoms with Crippen molar-refractivity contribution in [3.8, 4) is 33.4 Å². The van der Waals surface area contributed by atoms with E-state index in [-0.39, 0.29) is 54.2 Å². The summed E-state index contributed by atoms with van der Waals surface area (Å²) in [5.74, 6) is 0. The Kier molecular flexibility index (Phi) is 2.79. The average molecular weight is 564 g/mol. The zero-order valence-electron chi connectivity index (χ0n) is 39.1. The Bertz CT molecular complexity index is 3370. The Morgan fingerprint density at radius 1 is 0.395 bits per heavy atom. The first-order valence-corrected chi connectivity index (χ1v) is 13.4. The Morgan fingerprint density at radius 2 is 0.953 bits per heavy atom. The molecule has 200 valence electrons. The quantitative estimate of drug-likeness (QED) is 0.195. The molecule has 0 saturated heterocycles. The van der Waals surface area contributed by atoms with E-state index in [0.717, 1.165) is 5.56 Å². The van der Waals surface area contributed by atoms with Gasteiger partial charge in [0.05, 0.1) is 23.3 Å². The van der Waals surface area contributed by atoms with Crippen LogP contribution in [0.15, 0.2) is 162 Å². The smallest absolute Gasteiger partial charge is 0.136 e. The fourth-order valence-electron chi connectivity index (χ4n) is 5.63. The summed E-state index contributed by atoms with van der Waals surface area (Å²) in [5.41, 5.74) is 0.140. The lowest BCUT2D eigenvalue weighted by Gasteiger charge is -2.18. The van der Waals surface area contributed by atoms with E-state index in [0.29, 0.717) is 11.1 Å². The van der Waals surface area contributed by atoms with Crippen LogP contribution in [-0.2, 0) is 0 Å². The number of benzene rings is 8. The summed E-state index contributed by atoms with van der Waals surface area (Å²) in [6, 6.07) is 5.13. The summed E-state index contributed by atoms with van der Waals surface area (Å²) in [5, 5.41) is -2.29. The van der Waals surface area contributed by atoms with Gasteiger partial charge in [0.1, 0.15) is 11.2 Å². The van der Waals surface area contributed by atoms with Crippen LogP contribution in [0.2, 0.25) is 0 Å². The summed E-state index contributed by atoms with van der Waals surface area (Å²) < 4.78 is 159. The first kappa shape index (κ1) is 12.7. The summed E-state index contributed by atoms with van der Waals surface area (Å²) in [7, 11) is 0. The molecule has 1 aromatic heterocycles. The van der Waals surface area contributed by atoms with Crippen molar-refractivity contribution < 1.29 is 27.7 Å². The largest absolute Gasteiger partial charge is 0.456 e. The topological polar surface area (TPSA) is 13.1 Å². The zero-order valence-corrected chi connectivity index (χ0v) is 22.1. The Balaban J connectivity index is 1.56. The first-order valence-electron chi connectivity index (χ1n) is 21.9. The molecule has 1 heteroatoms. The number of fused-ring (bicyclic) bond motifs is 6. The minimum atomic E-state index is -0.736. The van der Waals surface area contributed by atoms with Crippen LogP contribution in [0.4, 0.5) is 0 Å². The Labute approximate surface area is 273 Å². The van der Waals surface area contributed by atoms with Gasteiger partial charge in [-0.05, 0) is 95.9 Å². The molecule has 0 aliphatic rings. The summed E-state index contributed by atoms with van der Waals surface area (Å²) in [6.45, 7) is 0. The van der Waals surface area contributed by atoms with Crippen LogP contribution in [0.3, 0.4) is 0 Å². The minimum absolute atomic E-state index is 0.0347. The molecule has 9 aromatic rings. The third kappa shape index (κ3) is 3.79. The molecule has 43 heavy (non-hydrogen) atoms. The Hall–Kier alpha value is -5.66. The van der Waals surface area contributed by atoms with Gasteiger partial charge in [-0.1, -0.05) is 127 Å². The lowest BCUT2D eigenvalue weighted by Crippen LogP contribution is -1.91. The van der Waals surface area contributed by atoms with Gasteiger partial charge in [-0.2, -0.15) is 0 Å². The normalized spacial score (nSPS) is 17.3. The molecule has 0 aliphatic heterocycles. The molecule has 1 heterocycles. The molecule has 0 aliphatic carbocycles. The van der Waals surface area contributed by atoms with Gasteiger partial charge in [-0.3, -0.25) is 0 Å². The van der Waals surface area contributed by atoms with E-state index in [1.165, 1.54) is 0 Å². The van der Waals surface area contributed by atoms with Crippen molar-refractivity contribution in [2.24, 2.45) is 0 Å². The van der Waals surface area contributed by atoms with E-state index in [1.54, 1.807) is 18.2 Å². The second kappa shape index (κ2) is 9.44. The predicted molar refractivity (Wildman–Crippen MR) is 183 cm³/mol. The van der Waals surface area contributed by atoms with Crippen molar-refractivity contribution in [3.63, 3.8) is 0 Å². The van der Waals surface area contributed by atoms with E-state index in [9.17, 15) is 11.0 Å². The highest BCUT2D eigenvalue weighted by atomic mass is 16.3. The van der Waals surface area contributed by atoms with Crippen LogP contribution in [0, 0.1) is 0 Å². The second-order valence-corrected chi connectivity index (χ2v) is 9.96. The first-order chi connectivity index (χ1) is 28.4. The number of hydrogen-bond acceptors (Lipinski definition) is 1. The lowest BCUT2D eigenvalue weighted by atomic mass is 9.85. The molecule has 0 N–H and O–H groups in total. The van der Waals surface area contributed by atoms with Crippen molar-refractivity contribution in [2.45, 2.75) is 0 Å². The molecule has 0 unspecified atom stereocenters. The lowest BCUT2D eigenvalue weighted by molar-refractivity contribution is 0.669. The molecule has 0 radical (unpaired) electrons.